The summed E-state index contributed by atoms with van der Waals surface area (Å²) < 4.78 is 39.7. The maximum absolute atomic E-state index is 12.0. The summed E-state index contributed by atoms with van der Waals surface area (Å²) in [6.07, 6.45) is -4.76. The Morgan fingerprint density at radius 2 is 2.17 bits per heavy atom. The minimum Gasteiger partial charge on any atom is -0.406 e. The third-order valence-electron chi connectivity index (χ3n) is 2.14. The summed E-state index contributed by atoms with van der Waals surface area (Å²) in [5, 5.41) is 2.45. The van der Waals surface area contributed by atoms with Crippen molar-refractivity contribution >= 4 is 11.6 Å². The number of rotatable bonds is 4. The van der Waals surface area contributed by atoms with Gasteiger partial charge in [0.2, 0.25) is 5.91 Å². The highest BCUT2D eigenvalue weighted by atomic mass is 19.4. The molecular formula is C11H13F3N2O2. The van der Waals surface area contributed by atoms with Crippen LogP contribution in [0.15, 0.2) is 24.3 Å². The second-order valence-corrected chi connectivity index (χ2v) is 3.70. The quantitative estimate of drug-likeness (QED) is 0.873. The van der Waals surface area contributed by atoms with Gasteiger partial charge in [-0.1, -0.05) is 13.0 Å². The number of alkyl halides is 3. The maximum Gasteiger partial charge on any atom is 0.573 e. The molecule has 1 amide bonds. The molecule has 0 bridgehead atoms. The van der Waals surface area contributed by atoms with E-state index in [0.717, 1.165) is 12.1 Å². The summed E-state index contributed by atoms with van der Waals surface area (Å²) >= 11 is 0. The Bertz CT molecular complexity index is 421. The number of hydrogen-bond acceptors (Lipinski definition) is 3. The molecule has 7 heteroatoms. The van der Waals surface area contributed by atoms with E-state index in [1.54, 1.807) is 6.92 Å². The molecule has 1 aromatic rings. The van der Waals surface area contributed by atoms with Crippen molar-refractivity contribution in [3.05, 3.63) is 24.3 Å². The Hall–Kier alpha value is -1.76. The summed E-state index contributed by atoms with van der Waals surface area (Å²) in [6.45, 7) is 1.77. The van der Waals surface area contributed by atoms with Crippen LogP contribution in [0.5, 0.6) is 5.75 Å². The molecular weight excluding hydrogens is 249 g/mol. The molecule has 0 aromatic heterocycles. The van der Waals surface area contributed by atoms with Crippen LogP contribution < -0.4 is 15.8 Å². The number of anilines is 1. The SMILES string of the molecule is CC(CN)C(=O)Nc1cccc(OC(F)(F)F)c1. The average Bonchev–Trinajstić information content (AvgIpc) is 2.26. The van der Waals surface area contributed by atoms with E-state index in [4.69, 9.17) is 5.73 Å². The zero-order valence-electron chi connectivity index (χ0n) is 9.62. The first kappa shape index (κ1) is 14.3. The predicted molar refractivity (Wildman–Crippen MR) is 60.0 cm³/mol. The standard InChI is InChI=1S/C11H13F3N2O2/c1-7(6-15)10(17)16-8-3-2-4-9(5-8)18-11(12,13)14/h2-5,7H,6,15H2,1H3,(H,16,17). The van der Waals surface area contributed by atoms with Gasteiger partial charge in [-0.15, -0.1) is 13.2 Å². The Balaban J connectivity index is 2.74. The van der Waals surface area contributed by atoms with Crippen molar-refractivity contribution in [3.63, 3.8) is 0 Å². The third-order valence-corrected chi connectivity index (χ3v) is 2.14. The van der Waals surface area contributed by atoms with Crippen molar-refractivity contribution in [2.45, 2.75) is 13.3 Å². The van der Waals surface area contributed by atoms with Crippen molar-refractivity contribution in [2.24, 2.45) is 11.7 Å². The number of hydrogen-bond donors (Lipinski definition) is 2. The Morgan fingerprint density at radius 1 is 1.50 bits per heavy atom. The lowest BCUT2D eigenvalue weighted by molar-refractivity contribution is -0.274. The summed E-state index contributed by atoms with van der Waals surface area (Å²) in [6, 6.07) is 5.05. The van der Waals surface area contributed by atoms with E-state index in [1.807, 2.05) is 0 Å². The second kappa shape index (κ2) is 5.72. The number of nitrogens with two attached hydrogens (primary N) is 1. The molecule has 1 aromatic carbocycles. The Morgan fingerprint density at radius 3 is 2.72 bits per heavy atom. The molecule has 0 heterocycles. The van der Waals surface area contributed by atoms with Crippen LogP contribution in [0, 0.1) is 5.92 Å². The van der Waals surface area contributed by atoms with E-state index in [2.05, 4.69) is 10.1 Å². The van der Waals surface area contributed by atoms with Crippen molar-refractivity contribution < 1.29 is 22.7 Å². The molecule has 4 nitrogen and oxygen atoms in total. The van der Waals surface area contributed by atoms with Gasteiger partial charge in [0.1, 0.15) is 5.75 Å². The predicted octanol–water partition coefficient (Wildman–Crippen LogP) is 2.12. The number of amides is 1. The van der Waals surface area contributed by atoms with Gasteiger partial charge in [-0.05, 0) is 12.1 Å². The van der Waals surface area contributed by atoms with E-state index in [9.17, 15) is 18.0 Å². The van der Waals surface area contributed by atoms with Crippen molar-refractivity contribution in [2.75, 3.05) is 11.9 Å². The topological polar surface area (TPSA) is 64.4 Å². The van der Waals surface area contributed by atoms with Gasteiger partial charge >= 0.3 is 6.36 Å². The van der Waals surface area contributed by atoms with Crippen LogP contribution in [0.3, 0.4) is 0 Å². The highest BCUT2D eigenvalue weighted by Gasteiger charge is 2.31. The fraction of sp³-hybridized carbons (Fsp3) is 0.364. The van der Waals surface area contributed by atoms with Gasteiger partial charge in [0.15, 0.2) is 0 Å². The third kappa shape index (κ3) is 4.62. The van der Waals surface area contributed by atoms with Gasteiger partial charge in [0, 0.05) is 24.2 Å². The molecule has 0 fully saturated rings. The Kier molecular flexibility index (Phi) is 4.55. The van der Waals surface area contributed by atoms with Crippen LogP contribution >= 0.6 is 0 Å². The molecule has 3 N–H and O–H groups in total. The van der Waals surface area contributed by atoms with E-state index < -0.39 is 12.3 Å². The number of benzene rings is 1. The molecule has 0 aliphatic rings. The highest BCUT2D eigenvalue weighted by Crippen LogP contribution is 2.25. The van der Waals surface area contributed by atoms with Crippen molar-refractivity contribution in [3.8, 4) is 5.75 Å². The molecule has 100 valence electrons. The first-order valence-electron chi connectivity index (χ1n) is 5.18. The molecule has 18 heavy (non-hydrogen) atoms. The summed E-state index contributed by atoms with van der Waals surface area (Å²) in [4.78, 5) is 11.5. The largest absolute Gasteiger partial charge is 0.573 e. The molecule has 0 aliphatic carbocycles. The van der Waals surface area contributed by atoms with E-state index >= 15 is 0 Å². The zero-order valence-corrected chi connectivity index (χ0v) is 9.62. The normalized spacial score (nSPS) is 12.9. The number of halogens is 3. The summed E-state index contributed by atoms with van der Waals surface area (Å²) in [5.41, 5.74) is 5.53. The van der Waals surface area contributed by atoms with Gasteiger partial charge in [-0.2, -0.15) is 0 Å². The number of nitrogens with one attached hydrogen (secondary N) is 1. The number of ether oxygens (including phenoxy) is 1. The smallest absolute Gasteiger partial charge is 0.406 e. The fourth-order valence-electron chi connectivity index (χ4n) is 1.14. The minimum absolute atomic E-state index is 0.157. The highest BCUT2D eigenvalue weighted by molar-refractivity contribution is 5.92. The van der Waals surface area contributed by atoms with Gasteiger partial charge in [-0.3, -0.25) is 4.79 Å². The van der Waals surface area contributed by atoms with Gasteiger partial charge in [0.05, 0.1) is 0 Å². The van der Waals surface area contributed by atoms with E-state index in [0.29, 0.717) is 0 Å². The van der Waals surface area contributed by atoms with E-state index in [-0.39, 0.29) is 23.9 Å². The first-order chi connectivity index (χ1) is 8.31. The van der Waals surface area contributed by atoms with Crippen LogP contribution in [-0.2, 0) is 4.79 Å². The molecule has 0 radical (unpaired) electrons. The van der Waals surface area contributed by atoms with Crippen molar-refractivity contribution in [1.82, 2.24) is 0 Å². The maximum atomic E-state index is 12.0. The molecule has 0 aliphatic heterocycles. The Labute approximate surface area is 102 Å². The zero-order chi connectivity index (χ0) is 13.8. The van der Waals surface area contributed by atoms with Crippen LogP contribution in [0.25, 0.3) is 0 Å². The molecule has 0 spiro atoms. The lowest BCUT2D eigenvalue weighted by Crippen LogP contribution is -2.26. The van der Waals surface area contributed by atoms with Gasteiger partial charge in [0.25, 0.3) is 0 Å². The van der Waals surface area contributed by atoms with Gasteiger partial charge < -0.3 is 15.8 Å². The van der Waals surface area contributed by atoms with Crippen molar-refractivity contribution in [1.29, 1.82) is 0 Å². The second-order valence-electron chi connectivity index (χ2n) is 3.70. The van der Waals surface area contributed by atoms with E-state index in [1.165, 1.54) is 12.1 Å². The number of carbonyl (C=O) groups is 1. The first-order valence-corrected chi connectivity index (χ1v) is 5.18. The van der Waals surface area contributed by atoms with Crippen LogP contribution in [0.1, 0.15) is 6.92 Å². The molecule has 1 atom stereocenters. The monoisotopic (exact) mass is 262 g/mol. The van der Waals surface area contributed by atoms with Crippen LogP contribution in [0.2, 0.25) is 0 Å². The molecule has 0 saturated heterocycles. The molecule has 0 saturated carbocycles. The summed E-state index contributed by atoms with van der Waals surface area (Å²) in [7, 11) is 0. The minimum atomic E-state index is -4.76. The summed E-state index contributed by atoms with van der Waals surface area (Å²) in [5.74, 6) is -1.17. The lowest BCUT2D eigenvalue weighted by Gasteiger charge is -2.12. The molecule has 1 rings (SSSR count). The molecule has 1 unspecified atom stereocenters. The fourth-order valence-corrected chi connectivity index (χ4v) is 1.14. The number of carbonyl (C=O) groups excluding carboxylic acids is 1. The lowest BCUT2D eigenvalue weighted by atomic mass is 10.1. The van der Waals surface area contributed by atoms with Crippen LogP contribution in [-0.4, -0.2) is 18.8 Å². The van der Waals surface area contributed by atoms with Crippen LogP contribution in [0.4, 0.5) is 18.9 Å². The van der Waals surface area contributed by atoms with Gasteiger partial charge in [-0.25, -0.2) is 0 Å². The average molecular weight is 262 g/mol.